The zero-order valence-electron chi connectivity index (χ0n) is 15.1. The van der Waals surface area contributed by atoms with Crippen molar-refractivity contribution in [3.63, 3.8) is 0 Å². The average Bonchev–Trinajstić information content (AvgIpc) is 2.65. The Morgan fingerprint density at radius 3 is 2.31 bits per heavy atom. The molecule has 2 rings (SSSR count). The third kappa shape index (κ3) is 4.82. The molecular weight excluding hydrogens is 356 g/mol. The maximum absolute atomic E-state index is 12.8. The Bertz CT molecular complexity index is 739. The molecule has 0 aliphatic heterocycles. The van der Waals surface area contributed by atoms with Crippen molar-refractivity contribution in [3.05, 3.63) is 29.8 Å². The number of aliphatic carboxylic acids is 1. The van der Waals surface area contributed by atoms with Gasteiger partial charge in [0.05, 0.1) is 10.8 Å². The van der Waals surface area contributed by atoms with Crippen LogP contribution in [0.4, 0.5) is 0 Å². The number of amides is 1. The van der Waals surface area contributed by atoms with Gasteiger partial charge < -0.3 is 10.4 Å². The van der Waals surface area contributed by atoms with Gasteiger partial charge in [-0.2, -0.15) is 4.31 Å². The molecule has 1 aliphatic carbocycles. The summed E-state index contributed by atoms with van der Waals surface area (Å²) >= 11 is 0. The molecule has 1 aromatic carbocycles. The van der Waals surface area contributed by atoms with E-state index in [1.54, 1.807) is 7.05 Å². The molecule has 144 valence electrons. The van der Waals surface area contributed by atoms with Crippen molar-refractivity contribution in [3.8, 4) is 0 Å². The van der Waals surface area contributed by atoms with Gasteiger partial charge in [-0.3, -0.25) is 9.59 Å². The summed E-state index contributed by atoms with van der Waals surface area (Å²) in [6.45, 7) is 1.51. The molecule has 1 aliphatic rings. The summed E-state index contributed by atoms with van der Waals surface area (Å²) in [5, 5.41) is 11.4. The zero-order chi connectivity index (χ0) is 19.3. The first-order valence-corrected chi connectivity index (χ1v) is 10.3. The maximum atomic E-state index is 12.8. The lowest BCUT2D eigenvalue weighted by molar-refractivity contribution is -0.140. The van der Waals surface area contributed by atoms with Crippen molar-refractivity contribution in [1.82, 2.24) is 9.62 Å². The molecule has 8 heteroatoms. The van der Waals surface area contributed by atoms with Gasteiger partial charge in [0.1, 0.15) is 0 Å². The molecule has 0 spiro atoms. The van der Waals surface area contributed by atoms with E-state index in [0.29, 0.717) is 5.56 Å². The fourth-order valence-corrected chi connectivity index (χ4v) is 4.44. The number of carboxylic acids is 1. The minimum absolute atomic E-state index is 0.0125. The van der Waals surface area contributed by atoms with E-state index in [0.717, 1.165) is 32.1 Å². The molecule has 0 saturated heterocycles. The van der Waals surface area contributed by atoms with Crippen LogP contribution in [0.5, 0.6) is 0 Å². The van der Waals surface area contributed by atoms with Gasteiger partial charge in [0.15, 0.2) is 0 Å². The number of sulfonamides is 1. The molecule has 7 nitrogen and oxygen atoms in total. The number of carboxylic acid groups (broad SMARTS) is 1. The normalized spacial score (nSPS) is 17.0. The Balaban J connectivity index is 2.05. The lowest BCUT2D eigenvalue weighted by Gasteiger charge is -2.30. The van der Waals surface area contributed by atoms with E-state index in [-0.39, 0.29) is 17.5 Å². The predicted molar refractivity (Wildman–Crippen MR) is 97.4 cm³/mol. The first kappa shape index (κ1) is 20.4. The van der Waals surface area contributed by atoms with Crippen LogP contribution >= 0.6 is 0 Å². The molecule has 2 N–H and O–H groups in total. The highest BCUT2D eigenvalue weighted by Gasteiger charge is 2.29. The van der Waals surface area contributed by atoms with E-state index in [9.17, 15) is 18.0 Å². The Hall–Kier alpha value is -1.93. The van der Waals surface area contributed by atoms with E-state index < -0.39 is 27.8 Å². The summed E-state index contributed by atoms with van der Waals surface area (Å²) in [5.74, 6) is -2.11. The highest BCUT2D eigenvalue weighted by molar-refractivity contribution is 7.89. The number of carbonyl (C=O) groups excluding carboxylic acids is 1. The smallest absolute Gasteiger partial charge is 0.308 e. The number of rotatable bonds is 7. The molecule has 0 heterocycles. The van der Waals surface area contributed by atoms with Crippen LogP contribution in [0.15, 0.2) is 29.2 Å². The fourth-order valence-electron chi connectivity index (χ4n) is 3.02. The van der Waals surface area contributed by atoms with Crippen molar-refractivity contribution in [2.24, 2.45) is 5.92 Å². The minimum Gasteiger partial charge on any atom is -0.481 e. The van der Waals surface area contributed by atoms with Crippen LogP contribution in [-0.4, -0.2) is 49.3 Å². The van der Waals surface area contributed by atoms with Gasteiger partial charge in [-0.15, -0.1) is 0 Å². The van der Waals surface area contributed by atoms with Crippen LogP contribution in [0.1, 0.15) is 49.4 Å². The first-order chi connectivity index (χ1) is 12.2. The maximum Gasteiger partial charge on any atom is 0.308 e. The molecule has 0 bridgehead atoms. The lowest BCUT2D eigenvalue weighted by Crippen LogP contribution is -2.38. The van der Waals surface area contributed by atoms with Crippen molar-refractivity contribution in [2.75, 3.05) is 13.6 Å². The number of hydrogen-bond acceptors (Lipinski definition) is 4. The standard InChI is InChI=1S/C18H26N2O5S/c1-13(18(22)23)12-19-17(21)14-8-10-16(11-9-14)26(24,25)20(2)15-6-4-3-5-7-15/h8-11,13,15H,3-7,12H2,1-2H3,(H,19,21)(H,22,23). The van der Waals surface area contributed by atoms with Crippen LogP contribution in [0.3, 0.4) is 0 Å². The molecule has 1 saturated carbocycles. The van der Waals surface area contributed by atoms with Crippen LogP contribution in [0, 0.1) is 5.92 Å². The molecule has 26 heavy (non-hydrogen) atoms. The molecule has 1 fully saturated rings. The molecule has 1 amide bonds. The van der Waals surface area contributed by atoms with Crippen molar-refractivity contribution in [1.29, 1.82) is 0 Å². The summed E-state index contributed by atoms with van der Waals surface area (Å²) in [5.41, 5.74) is 0.293. The Kier molecular flexibility index (Phi) is 6.77. The van der Waals surface area contributed by atoms with Crippen LogP contribution in [-0.2, 0) is 14.8 Å². The van der Waals surface area contributed by atoms with Crippen molar-refractivity contribution >= 4 is 21.9 Å². The second-order valence-electron chi connectivity index (χ2n) is 6.79. The van der Waals surface area contributed by atoms with Gasteiger partial charge in [-0.1, -0.05) is 26.2 Å². The topological polar surface area (TPSA) is 104 Å². The molecule has 1 unspecified atom stereocenters. The van der Waals surface area contributed by atoms with E-state index in [1.807, 2.05) is 0 Å². The molecular formula is C18H26N2O5S. The van der Waals surface area contributed by atoms with E-state index >= 15 is 0 Å². The summed E-state index contributed by atoms with van der Waals surface area (Å²) in [4.78, 5) is 23.0. The second-order valence-corrected chi connectivity index (χ2v) is 8.78. The number of hydrogen-bond donors (Lipinski definition) is 2. The highest BCUT2D eigenvalue weighted by Crippen LogP contribution is 2.26. The van der Waals surface area contributed by atoms with Gasteiger partial charge in [0.2, 0.25) is 10.0 Å². The van der Waals surface area contributed by atoms with Gasteiger partial charge in [0.25, 0.3) is 5.91 Å². The lowest BCUT2D eigenvalue weighted by atomic mass is 9.96. The van der Waals surface area contributed by atoms with Crippen LogP contribution < -0.4 is 5.32 Å². The number of benzene rings is 1. The summed E-state index contributed by atoms with van der Waals surface area (Å²) in [6.07, 6.45) is 4.97. The zero-order valence-corrected chi connectivity index (χ0v) is 16.0. The molecule has 0 aromatic heterocycles. The highest BCUT2D eigenvalue weighted by atomic mass is 32.2. The minimum atomic E-state index is -3.59. The van der Waals surface area contributed by atoms with E-state index in [2.05, 4.69) is 5.32 Å². The number of carbonyl (C=O) groups is 2. The van der Waals surface area contributed by atoms with Crippen LogP contribution in [0.25, 0.3) is 0 Å². The molecule has 0 radical (unpaired) electrons. The van der Waals surface area contributed by atoms with Gasteiger partial charge in [-0.25, -0.2) is 8.42 Å². The summed E-state index contributed by atoms with van der Waals surface area (Å²) in [6, 6.07) is 5.76. The van der Waals surface area contributed by atoms with Gasteiger partial charge in [0, 0.05) is 25.2 Å². The Labute approximate surface area is 154 Å². The first-order valence-electron chi connectivity index (χ1n) is 8.82. The molecule has 1 atom stereocenters. The predicted octanol–water partition coefficient (Wildman–Crippen LogP) is 2.09. The SMILES string of the molecule is CC(CNC(=O)c1ccc(S(=O)(=O)N(C)C2CCCCC2)cc1)C(=O)O. The van der Waals surface area contributed by atoms with E-state index in [4.69, 9.17) is 5.11 Å². The third-order valence-corrected chi connectivity index (χ3v) is 6.80. The van der Waals surface area contributed by atoms with Crippen molar-refractivity contribution < 1.29 is 23.1 Å². The fraction of sp³-hybridized carbons (Fsp3) is 0.556. The largest absolute Gasteiger partial charge is 0.481 e. The van der Waals surface area contributed by atoms with Gasteiger partial charge >= 0.3 is 5.97 Å². The summed E-state index contributed by atoms with van der Waals surface area (Å²) in [7, 11) is -1.98. The number of nitrogens with one attached hydrogen (secondary N) is 1. The average molecular weight is 382 g/mol. The van der Waals surface area contributed by atoms with Crippen molar-refractivity contribution in [2.45, 2.75) is 50.0 Å². The summed E-state index contributed by atoms with van der Waals surface area (Å²) < 4.78 is 27.0. The number of nitrogens with zero attached hydrogens (tertiary/aromatic N) is 1. The Morgan fingerprint density at radius 2 is 1.77 bits per heavy atom. The molecule has 1 aromatic rings. The van der Waals surface area contributed by atoms with E-state index in [1.165, 1.54) is 35.5 Å². The third-order valence-electron chi connectivity index (χ3n) is 4.87. The Morgan fingerprint density at radius 1 is 1.19 bits per heavy atom. The quantitative estimate of drug-likeness (QED) is 0.751. The monoisotopic (exact) mass is 382 g/mol. The van der Waals surface area contributed by atoms with Gasteiger partial charge in [-0.05, 0) is 37.1 Å². The van der Waals surface area contributed by atoms with Crippen LogP contribution in [0.2, 0.25) is 0 Å². The second kappa shape index (κ2) is 8.64.